The highest BCUT2D eigenvalue weighted by Crippen LogP contribution is 2.33. The molecular formula is C21H21F4N5O2. The molecule has 1 aromatic heterocycles. The van der Waals surface area contributed by atoms with Gasteiger partial charge >= 0.3 is 6.18 Å². The summed E-state index contributed by atoms with van der Waals surface area (Å²) in [7, 11) is 0. The Kier molecular flexibility index (Phi) is 5.92. The zero-order valence-electron chi connectivity index (χ0n) is 17.0. The minimum Gasteiger partial charge on any atom is -0.364 e. The van der Waals surface area contributed by atoms with Gasteiger partial charge in [0.15, 0.2) is 12.2 Å². The van der Waals surface area contributed by atoms with Crippen LogP contribution in [0, 0.1) is 12.3 Å². The first-order valence-electron chi connectivity index (χ1n) is 10.0. The van der Waals surface area contributed by atoms with Gasteiger partial charge in [-0.25, -0.2) is 4.39 Å². The molecule has 2 saturated heterocycles. The molecule has 1 aromatic carbocycles. The number of halogens is 4. The smallest absolute Gasteiger partial charge is 0.364 e. The number of fused-ring (bicyclic) bond motifs is 1. The maximum atomic E-state index is 14.6. The molecule has 3 atom stereocenters. The number of morpholine rings is 1. The van der Waals surface area contributed by atoms with Gasteiger partial charge in [-0.1, -0.05) is 5.92 Å². The number of carbonyl (C=O) groups excluding carboxylic acids is 1. The molecule has 11 heteroatoms. The van der Waals surface area contributed by atoms with Gasteiger partial charge in [-0.2, -0.15) is 13.2 Å². The fourth-order valence-corrected chi connectivity index (χ4v) is 3.92. The van der Waals surface area contributed by atoms with Crippen LogP contribution in [-0.4, -0.2) is 72.7 Å². The third-order valence-electron chi connectivity index (χ3n) is 5.63. The Bertz CT molecular complexity index is 1050. The van der Waals surface area contributed by atoms with Crippen LogP contribution in [0.25, 0.3) is 11.0 Å². The molecule has 2 aromatic rings. The molecule has 0 saturated carbocycles. The van der Waals surface area contributed by atoms with Crippen molar-refractivity contribution in [1.82, 2.24) is 20.6 Å². The van der Waals surface area contributed by atoms with Crippen LogP contribution in [0.4, 0.5) is 23.2 Å². The van der Waals surface area contributed by atoms with Crippen LogP contribution in [0.5, 0.6) is 0 Å². The molecule has 2 aliphatic heterocycles. The largest absolute Gasteiger partial charge is 0.416 e. The third kappa shape index (κ3) is 4.47. The molecule has 4 rings (SSSR count). The second-order valence-electron chi connectivity index (χ2n) is 7.89. The molecule has 170 valence electrons. The number of aromatic nitrogens is 2. The molecule has 0 spiro atoms. The Hall–Kier alpha value is -2.97. The van der Waals surface area contributed by atoms with E-state index in [1.54, 1.807) is 12.1 Å². The number of hydrogen-bond donors (Lipinski definition) is 2. The van der Waals surface area contributed by atoms with Crippen LogP contribution < -0.4 is 15.5 Å². The average molecular weight is 451 g/mol. The van der Waals surface area contributed by atoms with E-state index in [1.807, 2.05) is 0 Å². The molecule has 2 N–H and O–H groups in total. The van der Waals surface area contributed by atoms with Crippen molar-refractivity contribution in [2.45, 2.75) is 30.5 Å². The van der Waals surface area contributed by atoms with Crippen molar-refractivity contribution in [2.75, 3.05) is 37.6 Å². The van der Waals surface area contributed by atoms with E-state index in [0.717, 1.165) is 0 Å². The predicted octanol–water partition coefficient (Wildman–Crippen LogP) is 1.57. The summed E-state index contributed by atoms with van der Waals surface area (Å²) in [4.78, 5) is 22.5. The number of amides is 1. The number of nitrogens with zero attached hydrogens (tertiary/aromatic N) is 3. The van der Waals surface area contributed by atoms with Crippen LogP contribution in [0.2, 0.25) is 0 Å². The SMILES string of the molecule is C#Cc1ccc(N2CC(C(=O)NC[C@@]3(F)CCNC3)OC(C(F)(F)F)C2)c2nccnc12. The molecule has 0 aliphatic carbocycles. The molecule has 7 nitrogen and oxygen atoms in total. The topological polar surface area (TPSA) is 79.4 Å². The Morgan fingerprint density at radius 1 is 1.31 bits per heavy atom. The minimum atomic E-state index is -4.70. The molecule has 32 heavy (non-hydrogen) atoms. The van der Waals surface area contributed by atoms with Crippen LogP contribution in [-0.2, 0) is 9.53 Å². The van der Waals surface area contributed by atoms with Crippen LogP contribution in [0.15, 0.2) is 24.5 Å². The lowest BCUT2D eigenvalue weighted by Gasteiger charge is -2.39. The van der Waals surface area contributed by atoms with Gasteiger partial charge in [0, 0.05) is 18.9 Å². The lowest BCUT2D eigenvalue weighted by molar-refractivity contribution is -0.234. The second-order valence-corrected chi connectivity index (χ2v) is 7.89. The first-order valence-corrected chi connectivity index (χ1v) is 10.0. The van der Waals surface area contributed by atoms with Crippen molar-refractivity contribution < 1.29 is 27.1 Å². The van der Waals surface area contributed by atoms with Crippen molar-refractivity contribution in [3.63, 3.8) is 0 Å². The summed E-state index contributed by atoms with van der Waals surface area (Å²) in [6.45, 7) is -0.469. The molecule has 3 heterocycles. The summed E-state index contributed by atoms with van der Waals surface area (Å²) in [5.41, 5.74) is -0.138. The molecule has 2 unspecified atom stereocenters. The normalized spacial score (nSPS) is 26.2. The number of anilines is 1. The van der Waals surface area contributed by atoms with Gasteiger partial charge < -0.3 is 20.3 Å². The summed E-state index contributed by atoms with van der Waals surface area (Å²) < 4.78 is 60.4. The number of alkyl halides is 4. The lowest BCUT2D eigenvalue weighted by Crippen LogP contribution is -2.58. The van der Waals surface area contributed by atoms with E-state index in [4.69, 9.17) is 11.2 Å². The standard InChI is InChI=1S/C21H21F4N5O2/c1-2-13-3-4-14(18-17(13)27-7-8-28-18)30-9-15(32-16(10-30)21(23,24)25)19(31)29-12-20(22)5-6-26-11-20/h1,3-4,7-8,15-16,26H,5-6,9-12H2,(H,29,31)/t15?,16?,20-/m1/s1. The van der Waals surface area contributed by atoms with E-state index in [0.29, 0.717) is 28.8 Å². The van der Waals surface area contributed by atoms with E-state index in [1.165, 1.54) is 17.3 Å². The number of terminal acetylenes is 1. The first kappa shape index (κ1) is 22.2. The van der Waals surface area contributed by atoms with Crippen LogP contribution in [0.1, 0.15) is 12.0 Å². The zero-order chi connectivity index (χ0) is 22.9. The highest BCUT2D eigenvalue weighted by molar-refractivity contribution is 5.92. The maximum absolute atomic E-state index is 14.6. The number of rotatable bonds is 4. The van der Waals surface area contributed by atoms with Crippen LogP contribution >= 0.6 is 0 Å². The Morgan fingerprint density at radius 3 is 2.72 bits per heavy atom. The van der Waals surface area contributed by atoms with Gasteiger partial charge in [0.25, 0.3) is 5.91 Å². The summed E-state index contributed by atoms with van der Waals surface area (Å²) in [5.74, 6) is 1.67. The van der Waals surface area contributed by atoms with Gasteiger partial charge in [-0.15, -0.1) is 6.42 Å². The minimum absolute atomic E-state index is 0.0717. The fourth-order valence-electron chi connectivity index (χ4n) is 3.92. The maximum Gasteiger partial charge on any atom is 0.416 e. The van der Waals surface area contributed by atoms with Gasteiger partial charge in [0.2, 0.25) is 0 Å². The molecular weight excluding hydrogens is 430 g/mol. The first-order chi connectivity index (χ1) is 15.2. The number of nitrogens with one attached hydrogen (secondary N) is 2. The molecule has 0 bridgehead atoms. The third-order valence-corrected chi connectivity index (χ3v) is 5.63. The van der Waals surface area contributed by atoms with Crippen LogP contribution in [0.3, 0.4) is 0 Å². The Labute approximate surface area is 181 Å². The van der Waals surface area contributed by atoms with Crippen molar-refractivity contribution in [2.24, 2.45) is 0 Å². The van der Waals surface area contributed by atoms with E-state index in [2.05, 4.69) is 26.5 Å². The summed E-state index contributed by atoms with van der Waals surface area (Å²) in [5, 5.41) is 5.26. The van der Waals surface area contributed by atoms with Crippen molar-refractivity contribution >= 4 is 22.6 Å². The van der Waals surface area contributed by atoms with Crippen molar-refractivity contribution in [1.29, 1.82) is 0 Å². The molecule has 0 radical (unpaired) electrons. The molecule has 1 amide bonds. The highest BCUT2D eigenvalue weighted by Gasteiger charge is 2.48. The van der Waals surface area contributed by atoms with Crippen molar-refractivity contribution in [3.8, 4) is 12.3 Å². The van der Waals surface area contributed by atoms with E-state index < -0.39 is 36.5 Å². The molecule has 2 aliphatic rings. The van der Waals surface area contributed by atoms with E-state index in [9.17, 15) is 22.4 Å². The number of benzene rings is 1. The van der Waals surface area contributed by atoms with E-state index in [-0.39, 0.29) is 26.1 Å². The highest BCUT2D eigenvalue weighted by atomic mass is 19.4. The number of carbonyl (C=O) groups is 1. The summed E-state index contributed by atoms with van der Waals surface area (Å²) >= 11 is 0. The summed E-state index contributed by atoms with van der Waals surface area (Å²) in [6, 6.07) is 3.13. The summed E-state index contributed by atoms with van der Waals surface area (Å²) in [6.07, 6.45) is 0.189. The Balaban J connectivity index is 1.61. The van der Waals surface area contributed by atoms with Gasteiger partial charge in [-0.05, 0) is 25.1 Å². The monoisotopic (exact) mass is 451 g/mol. The Morgan fingerprint density at radius 2 is 2.06 bits per heavy atom. The zero-order valence-corrected chi connectivity index (χ0v) is 17.0. The quantitative estimate of drug-likeness (QED) is 0.543. The number of hydrogen-bond acceptors (Lipinski definition) is 6. The van der Waals surface area contributed by atoms with Gasteiger partial charge in [-0.3, -0.25) is 14.8 Å². The fraction of sp³-hybridized carbons (Fsp3) is 0.476. The van der Waals surface area contributed by atoms with E-state index >= 15 is 0 Å². The van der Waals surface area contributed by atoms with Gasteiger partial charge in [0.05, 0.1) is 30.9 Å². The van der Waals surface area contributed by atoms with Gasteiger partial charge in [0.1, 0.15) is 16.7 Å². The second kappa shape index (κ2) is 8.52. The number of ether oxygens (including phenoxy) is 1. The predicted molar refractivity (Wildman–Crippen MR) is 109 cm³/mol. The molecule has 2 fully saturated rings. The average Bonchev–Trinajstić information content (AvgIpc) is 3.22. The van der Waals surface area contributed by atoms with Crippen molar-refractivity contribution in [3.05, 3.63) is 30.1 Å². The lowest BCUT2D eigenvalue weighted by atomic mass is 10.1.